The fourth-order valence-corrected chi connectivity index (χ4v) is 1.83. The molecule has 0 radical (unpaired) electrons. The normalized spacial score (nSPS) is 10.8. The van der Waals surface area contributed by atoms with Crippen LogP contribution in [-0.4, -0.2) is 9.55 Å². The largest absolute Gasteiger partial charge is 0.469 e. The van der Waals surface area contributed by atoms with E-state index in [2.05, 4.69) is 18.8 Å². The van der Waals surface area contributed by atoms with E-state index >= 15 is 0 Å². The fourth-order valence-electron chi connectivity index (χ4n) is 1.83. The monoisotopic (exact) mass is 273 g/mol. The van der Waals surface area contributed by atoms with Crippen molar-refractivity contribution >= 4 is 5.69 Å². The molecule has 0 unspecified atom stereocenters. The second-order valence-electron chi connectivity index (χ2n) is 5.11. The second-order valence-corrected chi connectivity index (χ2v) is 5.11. The second kappa shape index (κ2) is 6.23. The van der Waals surface area contributed by atoms with Crippen molar-refractivity contribution in [3.63, 3.8) is 0 Å². The molecule has 2 rings (SSSR count). The highest BCUT2D eigenvalue weighted by atomic mass is 16.5. The molecule has 5 heteroatoms. The Bertz CT molecular complexity index is 618. The molecule has 106 valence electrons. The first-order valence-electron chi connectivity index (χ1n) is 6.59. The standard InChI is InChI=1S/C15H19N3O2/c1-11(2)9-18-8-7-17-14(15(18)19)20-10-12-3-5-13(16)6-4-12/h3-8,11H,9-10,16H2,1-2H3. The number of nitrogens with zero attached hydrogens (tertiary/aromatic N) is 2. The molecule has 0 aliphatic rings. The first-order valence-corrected chi connectivity index (χ1v) is 6.59. The summed E-state index contributed by atoms with van der Waals surface area (Å²) in [5.74, 6) is 0.519. The van der Waals surface area contributed by atoms with Crippen LogP contribution >= 0.6 is 0 Å². The highest BCUT2D eigenvalue weighted by Crippen LogP contribution is 2.08. The molecule has 0 saturated carbocycles. The number of hydrogen-bond acceptors (Lipinski definition) is 4. The lowest BCUT2D eigenvalue weighted by Crippen LogP contribution is -2.24. The van der Waals surface area contributed by atoms with Crippen molar-refractivity contribution in [3.8, 4) is 5.88 Å². The molecular formula is C15H19N3O2. The SMILES string of the molecule is CC(C)Cn1ccnc(OCc2ccc(N)cc2)c1=O. The quantitative estimate of drug-likeness (QED) is 0.846. The Kier molecular flexibility index (Phi) is 4.40. The van der Waals surface area contributed by atoms with E-state index in [1.807, 2.05) is 12.1 Å². The van der Waals surface area contributed by atoms with Crippen LogP contribution in [0.2, 0.25) is 0 Å². The Morgan fingerprint density at radius 1 is 1.30 bits per heavy atom. The predicted octanol–water partition coefficient (Wildman–Crippen LogP) is 2.06. The summed E-state index contributed by atoms with van der Waals surface area (Å²) in [7, 11) is 0. The molecule has 20 heavy (non-hydrogen) atoms. The van der Waals surface area contributed by atoms with Crippen LogP contribution in [0.25, 0.3) is 0 Å². The van der Waals surface area contributed by atoms with Crippen LogP contribution in [0.5, 0.6) is 5.88 Å². The van der Waals surface area contributed by atoms with Gasteiger partial charge < -0.3 is 15.0 Å². The molecule has 0 aliphatic heterocycles. The third-order valence-electron chi connectivity index (χ3n) is 2.80. The lowest BCUT2D eigenvalue weighted by molar-refractivity contribution is 0.284. The summed E-state index contributed by atoms with van der Waals surface area (Å²) in [4.78, 5) is 16.1. The summed E-state index contributed by atoms with van der Waals surface area (Å²) >= 11 is 0. The predicted molar refractivity (Wildman–Crippen MR) is 78.5 cm³/mol. The topological polar surface area (TPSA) is 70.1 Å². The zero-order valence-electron chi connectivity index (χ0n) is 11.7. The van der Waals surface area contributed by atoms with Crippen molar-refractivity contribution in [2.75, 3.05) is 5.73 Å². The molecule has 1 aromatic heterocycles. The fraction of sp³-hybridized carbons (Fsp3) is 0.333. The van der Waals surface area contributed by atoms with Crippen LogP contribution in [0, 0.1) is 5.92 Å². The molecule has 0 aliphatic carbocycles. The maximum atomic E-state index is 12.1. The van der Waals surface area contributed by atoms with Crippen LogP contribution in [0.4, 0.5) is 5.69 Å². The van der Waals surface area contributed by atoms with Gasteiger partial charge in [-0.1, -0.05) is 26.0 Å². The highest BCUT2D eigenvalue weighted by molar-refractivity contribution is 5.39. The van der Waals surface area contributed by atoms with Crippen molar-refractivity contribution in [3.05, 3.63) is 52.6 Å². The maximum Gasteiger partial charge on any atom is 0.313 e. The third kappa shape index (κ3) is 3.60. The number of rotatable bonds is 5. The minimum atomic E-state index is -0.198. The van der Waals surface area contributed by atoms with E-state index < -0.39 is 0 Å². The summed E-state index contributed by atoms with van der Waals surface area (Å²) in [6.45, 7) is 5.07. The van der Waals surface area contributed by atoms with E-state index in [0.717, 1.165) is 5.56 Å². The van der Waals surface area contributed by atoms with Crippen LogP contribution in [0.3, 0.4) is 0 Å². The van der Waals surface area contributed by atoms with Gasteiger partial charge in [-0.3, -0.25) is 4.79 Å². The molecule has 0 fully saturated rings. The van der Waals surface area contributed by atoms with Gasteiger partial charge in [0.1, 0.15) is 6.61 Å². The molecule has 5 nitrogen and oxygen atoms in total. The summed E-state index contributed by atoms with van der Waals surface area (Å²) < 4.78 is 7.12. The van der Waals surface area contributed by atoms with E-state index in [4.69, 9.17) is 10.5 Å². The number of nitrogens with two attached hydrogens (primary N) is 1. The smallest absolute Gasteiger partial charge is 0.313 e. The zero-order valence-corrected chi connectivity index (χ0v) is 11.7. The molecule has 0 bridgehead atoms. The summed E-state index contributed by atoms with van der Waals surface area (Å²) in [6.07, 6.45) is 3.26. The molecule has 0 atom stereocenters. The average Bonchev–Trinajstić information content (AvgIpc) is 2.41. The van der Waals surface area contributed by atoms with Crippen molar-refractivity contribution in [1.82, 2.24) is 9.55 Å². The molecular weight excluding hydrogens is 254 g/mol. The summed E-state index contributed by atoms with van der Waals surface area (Å²) in [5, 5.41) is 0. The number of nitrogen functional groups attached to an aromatic ring is 1. The van der Waals surface area contributed by atoms with Gasteiger partial charge in [0.05, 0.1) is 0 Å². The molecule has 0 spiro atoms. The van der Waals surface area contributed by atoms with E-state index in [9.17, 15) is 4.79 Å². The third-order valence-corrected chi connectivity index (χ3v) is 2.80. The van der Waals surface area contributed by atoms with Gasteiger partial charge in [-0.05, 0) is 23.6 Å². The first kappa shape index (κ1) is 14.1. The Morgan fingerprint density at radius 2 is 2.00 bits per heavy atom. The van der Waals surface area contributed by atoms with Crippen molar-refractivity contribution in [2.45, 2.75) is 27.0 Å². The van der Waals surface area contributed by atoms with E-state index in [-0.39, 0.29) is 11.4 Å². The minimum Gasteiger partial charge on any atom is -0.469 e. The zero-order chi connectivity index (χ0) is 14.5. The van der Waals surface area contributed by atoms with Crippen molar-refractivity contribution in [1.29, 1.82) is 0 Å². The number of aromatic nitrogens is 2. The molecule has 2 N–H and O–H groups in total. The highest BCUT2D eigenvalue weighted by Gasteiger charge is 2.07. The molecule has 0 amide bonds. The van der Waals surface area contributed by atoms with Crippen molar-refractivity contribution in [2.24, 2.45) is 5.92 Å². The van der Waals surface area contributed by atoms with E-state index in [1.165, 1.54) is 0 Å². The van der Waals surface area contributed by atoms with Crippen LogP contribution < -0.4 is 16.0 Å². The van der Waals surface area contributed by atoms with Gasteiger partial charge in [0, 0.05) is 24.6 Å². The Hall–Kier alpha value is -2.30. The molecule has 1 heterocycles. The average molecular weight is 273 g/mol. The van der Waals surface area contributed by atoms with Crippen LogP contribution in [0.1, 0.15) is 19.4 Å². The number of anilines is 1. The van der Waals surface area contributed by atoms with Gasteiger partial charge in [-0.2, -0.15) is 0 Å². The Morgan fingerprint density at radius 3 is 2.65 bits per heavy atom. The molecule has 1 aromatic carbocycles. The van der Waals surface area contributed by atoms with Gasteiger partial charge in [-0.25, -0.2) is 4.98 Å². The van der Waals surface area contributed by atoms with Crippen molar-refractivity contribution < 1.29 is 4.74 Å². The van der Waals surface area contributed by atoms with E-state index in [1.54, 1.807) is 29.1 Å². The number of hydrogen-bond donors (Lipinski definition) is 1. The van der Waals surface area contributed by atoms with Gasteiger partial charge in [0.15, 0.2) is 0 Å². The first-order chi connectivity index (χ1) is 9.56. The Balaban J connectivity index is 2.10. The molecule has 0 saturated heterocycles. The van der Waals surface area contributed by atoms with E-state index in [0.29, 0.717) is 24.8 Å². The lowest BCUT2D eigenvalue weighted by atomic mass is 10.2. The Labute approximate surface area is 118 Å². The number of ether oxygens (including phenoxy) is 1. The minimum absolute atomic E-state index is 0.130. The van der Waals surface area contributed by atoms with Gasteiger partial charge in [-0.15, -0.1) is 0 Å². The van der Waals surface area contributed by atoms with Gasteiger partial charge in [0.2, 0.25) is 0 Å². The van der Waals surface area contributed by atoms with Crippen LogP contribution in [0.15, 0.2) is 41.5 Å². The lowest BCUT2D eigenvalue weighted by Gasteiger charge is -2.10. The maximum absolute atomic E-state index is 12.1. The van der Waals surface area contributed by atoms with Gasteiger partial charge >= 0.3 is 5.56 Å². The number of benzene rings is 1. The summed E-state index contributed by atoms with van der Waals surface area (Å²) in [5.41, 5.74) is 7.06. The molecule has 2 aromatic rings. The van der Waals surface area contributed by atoms with Crippen LogP contribution in [-0.2, 0) is 13.2 Å². The summed E-state index contributed by atoms with van der Waals surface area (Å²) in [6, 6.07) is 7.33. The van der Waals surface area contributed by atoms with Gasteiger partial charge in [0.25, 0.3) is 5.88 Å².